The summed E-state index contributed by atoms with van der Waals surface area (Å²) in [6.45, 7) is 3.70. The highest BCUT2D eigenvalue weighted by molar-refractivity contribution is 7.89. The van der Waals surface area contributed by atoms with E-state index < -0.39 is 14.9 Å². The summed E-state index contributed by atoms with van der Waals surface area (Å²) < 4.78 is 46.6. The number of nitro benzene ring substituents is 1. The fourth-order valence-corrected chi connectivity index (χ4v) is 5.64. The van der Waals surface area contributed by atoms with Crippen molar-refractivity contribution in [3.8, 4) is 11.4 Å². The summed E-state index contributed by atoms with van der Waals surface area (Å²) in [7, 11) is -3.96. The first-order chi connectivity index (χ1) is 15.2. The first-order valence-corrected chi connectivity index (χ1v) is 11.5. The van der Waals surface area contributed by atoms with E-state index >= 15 is 0 Å². The minimum atomic E-state index is -3.96. The number of aryl methyl sites for hydroxylation is 1. The van der Waals surface area contributed by atoms with Crippen molar-refractivity contribution in [3.63, 3.8) is 0 Å². The van der Waals surface area contributed by atoms with E-state index in [9.17, 15) is 22.9 Å². The molecule has 1 unspecified atom stereocenters. The Kier molecular flexibility index (Phi) is 5.78. The molecule has 0 N–H and O–H groups in total. The van der Waals surface area contributed by atoms with E-state index in [1.165, 1.54) is 34.6 Å². The molecule has 1 fully saturated rings. The Balaban J connectivity index is 1.61. The monoisotopic (exact) mass is 460 g/mol. The number of hydrogen-bond acceptors (Lipinski definition) is 7. The maximum Gasteiger partial charge on any atom is 0.271 e. The Morgan fingerprint density at radius 2 is 1.94 bits per heavy atom. The molecule has 11 heteroatoms. The molecule has 4 rings (SSSR count). The molecule has 2 heterocycles. The van der Waals surface area contributed by atoms with Gasteiger partial charge in [0.05, 0.1) is 15.7 Å². The van der Waals surface area contributed by atoms with Crippen LogP contribution in [0, 0.1) is 29.8 Å². The highest BCUT2D eigenvalue weighted by Gasteiger charge is 2.35. The first kappa shape index (κ1) is 22.0. The van der Waals surface area contributed by atoms with Crippen molar-refractivity contribution in [1.82, 2.24) is 14.4 Å². The van der Waals surface area contributed by atoms with Gasteiger partial charge in [-0.25, -0.2) is 12.8 Å². The van der Waals surface area contributed by atoms with Gasteiger partial charge < -0.3 is 4.52 Å². The van der Waals surface area contributed by atoms with Crippen LogP contribution < -0.4 is 0 Å². The van der Waals surface area contributed by atoms with E-state index in [0.29, 0.717) is 47.8 Å². The minimum Gasteiger partial charge on any atom is -0.339 e. The second-order valence-corrected chi connectivity index (χ2v) is 9.71. The maximum atomic E-state index is 13.4. The first-order valence-electron chi connectivity index (χ1n) is 10.0. The highest BCUT2D eigenvalue weighted by atomic mass is 32.2. The minimum absolute atomic E-state index is 0.0672. The SMILES string of the molecule is Cc1cc([N+](=O)[O-])cc(S(=O)(=O)N2CCCC(c3nc(-c4ccc(F)cc4)no3)C2)c1C. The van der Waals surface area contributed by atoms with Crippen molar-refractivity contribution < 1.29 is 22.3 Å². The van der Waals surface area contributed by atoms with Gasteiger partial charge >= 0.3 is 0 Å². The van der Waals surface area contributed by atoms with Crippen molar-refractivity contribution in [2.45, 2.75) is 37.5 Å². The molecule has 1 saturated heterocycles. The zero-order valence-corrected chi connectivity index (χ0v) is 18.3. The van der Waals surface area contributed by atoms with Gasteiger partial charge in [-0.15, -0.1) is 0 Å². The van der Waals surface area contributed by atoms with Crippen LogP contribution in [0.1, 0.15) is 35.8 Å². The van der Waals surface area contributed by atoms with Gasteiger partial charge in [0.1, 0.15) is 5.82 Å². The molecule has 1 aliphatic heterocycles. The molecule has 0 aliphatic carbocycles. The smallest absolute Gasteiger partial charge is 0.271 e. The number of aromatic nitrogens is 2. The Bertz CT molecular complexity index is 1270. The molecule has 2 aromatic carbocycles. The fourth-order valence-electron chi connectivity index (χ4n) is 3.80. The summed E-state index contributed by atoms with van der Waals surface area (Å²) >= 11 is 0. The Labute approximate surface area is 184 Å². The third-order valence-electron chi connectivity index (χ3n) is 5.71. The Hall–Kier alpha value is -3.18. The number of non-ortho nitro benzene ring substituents is 1. The van der Waals surface area contributed by atoms with E-state index in [1.54, 1.807) is 13.8 Å². The van der Waals surface area contributed by atoms with E-state index in [-0.39, 0.29) is 28.9 Å². The summed E-state index contributed by atoms with van der Waals surface area (Å²) in [6.07, 6.45) is 1.23. The van der Waals surface area contributed by atoms with Crippen molar-refractivity contribution >= 4 is 15.7 Å². The van der Waals surface area contributed by atoms with Gasteiger partial charge in [0.15, 0.2) is 0 Å². The lowest BCUT2D eigenvalue weighted by Crippen LogP contribution is -2.39. The number of nitro groups is 1. The number of halogens is 1. The van der Waals surface area contributed by atoms with Crippen molar-refractivity contribution in [1.29, 1.82) is 0 Å². The number of piperidine rings is 1. The van der Waals surface area contributed by atoms with Gasteiger partial charge in [-0.05, 0) is 62.1 Å². The quantitative estimate of drug-likeness (QED) is 0.417. The van der Waals surface area contributed by atoms with Crippen LogP contribution in [-0.2, 0) is 10.0 Å². The molecule has 168 valence electrons. The molecule has 0 amide bonds. The number of nitrogens with zero attached hydrogens (tertiary/aromatic N) is 4. The Morgan fingerprint density at radius 3 is 2.62 bits per heavy atom. The largest absolute Gasteiger partial charge is 0.339 e. The van der Waals surface area contributed by atoms with Crippen LogP contribution in [0.2, 0.25) is 0 Å². The standard InChI is InChI=1S/C21H21FN4O5S/c1-13-10-18(26(27)28)11-19(14(13)2)32(29,30)25-9-3-4-16(12-25)21-23-20(24-31-21)15-5-7-17(22)8-6-15/h5-8,10-11,16H,3-4,9,12H2,1-2H3. The lowest BCUT2D eigenvalue weighted by atomic mass is 10.00. The zero-order valence-electron chi connectivity index (χ0n) is 17.5. The van der Waals surface area contributed by atoms with Gasteiger partial charge in [0.2, 0.25) is 21.7 Å². The molecule has 0 saturated carbocycles. The highest BCUT2D eigenvalue weighted by Crippen LogP contribution is 2.33. The predicted octanol–water partition coefficient (Wildman–Crippen LogP) is 3.97. The fraction of sp³-hybridized carbons (Fsp3) is 0.333. The molecule has 0 bridgehead atoms. The van der Waals surface area contributed by atoms with Crippen LogP contribution in [0.25, 0.3) is 11.4 Å². The average molecular weight is 460 g/mol. The van der Waals surface area contributed by atoms with Crippen LogP contribution in [0.3, 0.4) is 0 Å². The summed E-state index contributed by atoms with van der Waals surface area (Å²) in [4.78, 5) is 15.0. The molecule has 32 heavy (non-hydrogen) atoms. The number of benzene rings is 2. The van der Waals surface area contributed by atoms with Gasteiger partial charge in [-0.3, -0.25) is 10.1 Å². The molecule has 0 spiro atoms. The molecular formula is C21H21FN4O5S. The van der Waals surface area contributed by atoms with E-state index in [2.05, 4.69) is 10.1 Å². The molecule has 9 nitrogen and oxygen atoms in total. The van der Waals surface area contributed by atoms with Crippen LogP contribution >= 0.6 is 0 Å². The second-order valence-electron chi connectivity index (χ2n) is 7.81. The third kappa shape index (κ3) is 4.13. The van der Waals surface area contributed by atoms with E-state index in [4.69, 9.17) is 4.52 Å². The lowest BCUT2D eigenvalue weighted by Gasteiger charge is -2.30. The van der Waals surface area contributed by atoms with Gasteiger partial charge in [-0.2, -0.15) is 9.29 Å². The normalized spacial score (nSPS) is 17.4. The number of rotatable bonds is 5. The van der Waals surface area contributed by atoms with E-state index in [1.807, 2.05) is 0 Å². The van der Waals surface area contributed by atoms with Crippen LogP contribution in [-0.4, -0.2) is 40.9 Å². The molecule has 1 aliphatic rings. The molecule has 3 aromatic rings. The second kappa shape index (κ2) is 8.40. The van der Waals surface area contributed by atoms with Crippen molar-refractivity contribution in [2.24, 2.45) is 0 Å². The lowest BCUT2D eigenvalue weighted by molar-refractivity contribution is -0.385. The summed E-state index contributed by atoms with van der Waals surface area (Å²) in [5, 5.41) is 15.2. The van der Waals surface area contributed by atoms with Crippen molar-refractivity contribution in [2.75, 3.05) is 13.1 Å². The Morgan fingerprint density at radius 1 is 1.22 bits per heavy atom. The van der Waals surface area contributed by atoms with Crippen LogP contribution in [0.5, 0.6) is 0 Å². The zero-order chi connectivity index (χ0) is 23.0. The topological polar surface area (TPSA) is 119 Å². The molecule has 1 aromatic heterocycles. The van der Waals surface area contributed by atoms with Crippen molar-refractivity contribution in [3.05, 3.63) is 69.3 Å². The molecular weight excluding hydrogens is 439 g/mol. The maximum absolute atomic E-state index is 13.4. The number of hydrogen-bond donors (Lipinski definition) is 0. The van der Waals surface area contributed by atoms with Gasteiger partial charge in [0.25, 0.3) is 5.69 Å². The average Bonchev–Trinajstić information content (AvgIpc) is 3.26. The summed E-state index contributed by atoms with van der Waals surface area (Å²) in [5.41, 5.74) is 1.34. The summed E-state index contributed by atoms with van der Waals surface area (Å²) in [5.74, 6) is -0.0982. The predicted molar refractivity (Wildman–Crippen MR) is 113 cm³/mol. The number of sulfonamides is 1. The van der Waals surface area contributed by atoms with E-state index in [0.717, 1.165) is 6.07 Å². The summed E-state index contributed by atoms with van der Waals surface area (Å²) in [6, 6.07) is 8.14. The molecule has 1 atom stereocenters. The van der Waals surface area contributed by atoms with Gasteiger partial charge in [0, 0.05) is 30.8 Å². The van der Waals surface area contributed by atoms with Crippen LogP contribution in [0.4, 0.5) is 10.1 Å². The van der Waals surface area contributed by atoms with Gasteiger partial charge in [-0.1, -0.05) is 5.16 Å². The third-order valence-corrected chi connectivity index (χ3v) is 7.70. The van der Waals surface area contributed by atoms with Crippen LogP contribution in [0.15, 0.2) is 45.8 Å². The molecule has 0 radical (unpaired) electrons.